The maximum absolute atomic E-state index is 12.4. The lowest BCUT2D eigenvalue weighted by molar-refractivity contribution is -0.192. The SMILES string of the molecule is NC(=O)C1CCC(NCC(C(=O)O)C(F)(F)F)CC1. The largest absolute Gasteiger partial charge is 0.481 e. The van der Waals surface area contributed by atoms with Gasteiger partial charge in [0.1, 0.15) is 0 Å². The fourth-order valence-corrected chi connectivity index (χ4v) is 2.21. The maximum atomic E-state index is 12.4. The number of aliphatic carboxylic acids is 1. The van der Waals surface area contributed by atoms with E-state index in [1.165, 1.54) is 0 Å². The van der Waals surface area contributed by atoms with Gasteiger partial charge in [-0.3, -0.25) is 9.59 Å². The summed E-state index contributed by atoms with van der Waals surface area (Å²) in [6, 6.07) is -0.195. The lowest BCUT2D eigenvalue weighted by atomic mass is 9.85. The second kappa shape index (κ2) is 6.23. The number of hydrogen-bond donors (Lipinski definition) is 3. The number of carboxylic acids is 1. The van der Waals surface area contributed by atoms with Gasteiger partial charge in [-0.2, -0.15) is 13.2 Å². The topological polar surface area (TPSA) is 92.4 Å². The van der Waals surface area contributed by atoms with Crippen molar-refractivity contribution >= 4 is 11.9 Å². The van der Waals surface area contributed by atoms with Crippen LogP contribution in [-0.4, -0.2) is 35.7 Å². The van der Waals surface area contributed by atoms with E-state index in [1.54, 1.807) is 0 Å². The number of nitrogens with two attached hydrogens (primary N) is 1. The van der Waals surface area contributed by atoms with Gasteiger partial charge in [0, 0.05) is 18.5 Å². The molecule has 8 heteroatoms. The highest BCUT2D eigenvalue weighted by Gasteiger charge is 2.45. The first-order chi connectivity index (χ1) is 8.71. The number of halogens is 3. The van der Waals surface area contributed by atoms with Gasteiger partial charge in [0.2, 0.25) is 5.91 Å². The molecule has 0 aromatic heterocycles. The summed E-state index contributed by atoms with van der Waals surface area (Å²) in [5.74, 6) is -4.90. The lowest BCUT2D eigenvalue weighted by Crippen LogP contribution is -2.44. The molecule has 1 aliphatic carbocycles. The van der Waals surface area contributed by atoms with Crippen molar-refractivity contribution in [2.24, 2.45) is 17.6 Å². The minimum Gasteiger partial charge on any atom is -0.481 e. The molecule has 0 aromatic carbocycles. The van der Waals surface area contributed by atoms with Crippen LogP contribution in [0.1, 0.15) is 25.7 Å². The van der Waals surface area contributed by atoms with Crippen LogP contribution in [0.2, 0.25) is 0 Å². The van der Waals surface area contributed by atoms with Gasteiger partial charge >= 0.3 is 12.1 Å². The summed E-state index contributed by atoms with van der Waals surface area (Å²) in [5, 5.41) is 11.1. The Labute approximate surface area is 108 Å². The Morgan fingerprint density at radius 3 is 2.16 bits per heavy atom. The summed E-state index contributed by atoms with van der Waals surface area (Å²) in [7, 11) is 0. The molecule has 0 aromatic rings. The number of carboxylic acid groups (broad SMARTS) is 1. The first kappa shape index (κ1) is 15.7. The minimum atomic E-state index is -4.76. The molecule has 1 atom stereocenters. The third kappa shape index (κ3) is 4.70. The van der Waals surface area contributed by atoms with Crippen LogP contribution in [0.25, 0.3) is 0 Å². The first-order valence-electron chi connectivity index (χ1n) is 6.04. The standard InChI is InChI=1S/C11H17F3N2O3/c12-11(13,14)8(10(18)19)5-16-7-3-1-6(2-4-7)9(15)17/h6-8,16H,1-5H2,(H2,15,17)(H,18,19). The van der Waals surface area contributed by atoms with E-state index < -0.39 is 30.5 Å². The van der Waals surface area contributed by atoms with Gasteiger partial charge < -0.3 is 16.2 Å². The van der Waals surface area contributed by atoms with Crippen molar-refractivity contribution in [2.45, 2.75) is 37.9 Å². The molecule has 4 N–H and O–H groups in total. The average molecular weight is 282 g/mol. The smallest absolute Gasteiger partial charge is 0.403 e. The van der Waals surface area contributed by atoms with Gasteiger partial charge in [-0.05, 0) is 25.7 Å². The number of alkyl halides is 3. The van der Waals surface area contributed by atoms with E-state index in [9.17, 15) is 22.8 Å². The van der Waals surface area contributed by atoms with E-state index in [0.29, 0.717) is 25.7 Å². The molecule has 5 nitrogen and oxygen atoms in total. The highest BCUT2D eigenvalue weighted by molar-refractivity contribution is 5.76. The molecule has 0 spiro atoms. The number of carbonyl (C=O) groups excluding carboxylic acids is 1. The van der Waals surface area contributed by atoms with Crippen LogP contribution in [-0.2, 0) is 9.59 Å². The molecule has 19 heavy (non-hydrogen) atoms. The summed E-state index contributed by atoms with van der Waals surface area (Å²) in [4.78, 5) is 21.5. The third-order valence-corrected chi connectivity index (χ3v) is 3.43. The Kier molecular flexibility index (Phi) is 5.16. The summed E-state index contributed by atoms with van der Waals surface area (Å²) >= 11 is 0. The summed E-state index contributed by atoms with van der Waals surface area (Å²) in [6.45, 7) is -0.648. The molecule has 1 rings (SSSR count). The second-order valence-electron chi connectivity index (χ2n) is 4.79. The van der Waals surface area contributed by atoms with Gasteiger partial charge in [-0.25, -0.2) is 0 Å². The van der Waals surface area contributed by atoms with Crippen LogP contribution in [0.5, 0.6) is 0 Å². The Balaban J connectivity index is 2.41. The molecule has 0 saturated heterocycles. The Morgan fingerprint density at radius 1 is 1.26 bits per heavy atom. The molecular formula is C11H17F3N2O3. The molecular weight excluding hydrogens is 265 g/mol. The molecule has 1 unspecified atom stereocenters. The van der Waals surface area contributed by atoms with Crippen molar-refractivity contribution in [3.8, 4) is 0 Å². The number of rotatable bonds is 5. The maximum Gasteiger partial charge on any atom is 0.403 e. The number of carbonyl (C=O) groups is 2. The van der Waals surface area contributed by atoms with Gasteiger partial charge in [-0.1, -0.05) is 0 Å². The molecule has 1 aliphatic rings. The lowest BCUT2D eigenvalue weighted by Gasteiger charge is -2.28. The zero-order valence-electron chi connectivity index (χ0n) is 10.2. The predicted molar refractivity (Wildman–Crippen MR) is 60.1 cm³/mol. The van der Waals surface area contributed by atoms with E-state index in [0.717, 1.165) is 0 Å². The normalized spacial score (nSPS) is 25.8. The van der Waals surface area contributed by atoms with Gasteiger partial charge in [0.25, 0.3) is 0 Å². The van der Waals surface area contributed by atoms with Crippen LogP contribution in [0.15, 0.2) is 0 Å². The van der Waals surface area contributed by atoms with Crippen molar-refractivity contribution in [1.82, 2.24) is 5.32 Å². The zero-order chi connectivity index (χ0) is 14.6. The van der Waals surface area contributed by atoms with Crippen LogP contribution in [0.3, 0.4) is 0 Å². The molecule has 0 radical (unpaired) electrons. The summed E-state index contributed by atoms with van der Waals surface area (Å²) < 4.78 is 37.2. The van der Waals surface area contributed by atoms with E-state index in [2.05, 4.69) is 5.32 Å². The van der Waals surface area contributed by atoms with Crippen molar-refractivity contribution < 1.29 is 27.9 Å². The number of nitrogens with one attached hydrogen (secondary N) is 1. The van der Waals surface area contributed by atoms with Crippen molar-refractivity contribution in [1.29, 1.82) is 0 Å². The Morgan fingerprint density at radius 2 is 1.79 bits per heavy atom. The zero-order valence-corrected chi connectivity index (χ0v) is 10.2. The molecule has 0 bridgehead atoms. The highest BCUT2D eigenvalue weighted by atomic mass is 19.4. The van der Waals surface area contributed by atoms with Crippen molar-refractivity contribution in [2.75, 3.05) is 6.54 Å². The highest BCUT2D eigenvalue weighted by Crippen LogP contribution is 2.28. The molecule has 1 amide bonds. The number of hydrogen-bond acceptors (Lipinski definition) is 3. The van der Waals surface area contributed by atoms with Crippen LogP contribution in [0.4, 0.5) is 13.2 Å². The predicted octanol–water partition coefficient (Wildman–Crippen LogP) is 0.883. The summed E-state index contributed by atoms with van der Waals surface area (Å²) in [5.41, 5.74) is 5.15. The molecule has 110 valence electrons. The molecule has 0 aliphatic heterocycles. The minimum absolute atomic E-state index is 0.195. The van der Waals surface area contributed by atoms with Gasteiger partial charge in [-0.15, -0.1) is 0 Å². The Hall–Kier alpha value is -1.31. The average Bonchev–Trinajstić information content (AvgIpc) is 2.27. The molecule has 0 heterocycles. The van der Waals surface area contributed by atoms with E-state index in [1.807, 2.05) is 0 Å². The van der Waals surface area contributed by atoms with Crippen LogP contribution < -0.4 is 11.1 Å². The third-order valence-electron chi connectivity index (χ3n) is 3.43. The summed E-state index contributed by atoms with van der Waals surface area (Å²) in [6.07, 6.45) is -2.66. The quantitative estimate of drug-likeness (QED) is 0.698. The van der Waals surface area contributed by atoms with Crippen LogP contribution in [0, 0.1) is 11.8 Å². The fraction of sp³-hybridized carbons (Fsp3) is 0.818. The van der Waals surface area contributed by atoms with E-state index in [4.69, 9.17) is 10.8 Å². The van der Waals surface area contributed by atoms with Gasteiger partial charge in [0.05, 0.1) is 0 Å². The van der Waals surface area contributed by atoms with Crippen molar-refractivity contribution in [3.05, 3.63) is 0 Å². The molecule has 1 saturated carbocycles. The van der Waals surface area contributed by atoms with E-state index in [-0.39, 0.29) is 12.0 Å². The number of primary amides is 1. The van der Waals surface area contributed by atoms with E-state index >= 15 is 0 Å². The molecule has 1 fully saturated rings. The monoisotopic (exact) mass is 282 g/mol. The first-order valence-corrected chi connectivity index (χ1v) is 6.04. The van der Waals surface area contributed by atoms with Crippen LogP contribution >= 0.6 is 0 Å². The second-order valence-corrected chi connectivity index (χ2v) is 4.79. The van der Waals surface area contributed by atoms with Gasteiger partial charge in [0.15, 0.2) is 5.92 Å². The Bertz CT molecular complexity index is 339. The fourth-order valence-electron chi connectivity index (χ4n) is 2.21. The number of amides is 1. The van der Waals surface area contributed by atoms with Crippen molar-refractivity contribution in [3.63, 3.8) is 0 Å².